The Balaban J connectivity index is 1.44. The van der Waals surface area contributed by atoms with E-state index in [1.165, 1.54) is 26.8 Å². The van der Waals surface area contributed by atoms with E-state index in [9.17, 15) is 24.6 Å². The molecule has 1 aliphatic carbocycles. The van der Waals surface area contributed by atoms with Crippen LogP contribution >= 0.6 is 0 Å². The van der Waals surface area contributed by atoms with Crippen molar-refractivity contribution in [3.8, 4) is 17.2 Å². The third-order valence-electron chi connectivity index (χ3n) is 7.61. The quantitative estimate of drug-likeness (QED) is 0.271. The number of hydrogen-bond acceptors (Lipinski definition) is 9. The van der Waals surface area contributed by atoms with Gasteiger partial charge >= 0.3 is 0 Å². The van der Waals surface area contributed by atoms with E-state index in [1.807, 2.05) is 18.2 Å². The molecule has 10 heteroatoms. The van der Waals surface area contributed by atoms with E-state index in [0.29, 0.717) is 24.6 Å². The summed E-state index contributed by atoms with van der Waals surface area (Å²) in [5.74, 6) is -1.72. The minimum absolute atomic E-state index is 0.00548. The van der Waals surface area contributed by atoms with Gasteiger partial charge in [0.05, 0.1) is 28.8 Å². The van der Waals surface area contributed by atoms with Crippen molar-refractivity contribution < 1.29 is 34.1 Å². The second-order valence-electron chi connectivity index (χ2n) is 9.95. The molecule has 0 radical (unpaired) electrons. The van der Waals surface area contributed by atoms with Gasteiger partial charge in [-0.3, -0.25) is 14.4 Å². The van der Waals surface area contributed by atoms with Crippen LogP contribution in [-0.2, 0) is 32.9 Å². The monoisotopic (exact) mass is 515 g/mol. The van der Waals surface area contributed by atoms with Crippen LogP contribution in [0, 0.1) is 6.92 Å². The van der Waals surface area contributed by atoms with E-state index in [1.54, 1.807) is 6.92 Å². The molecule has 38 heavy (non-hydrogen) atoms. The van der Waals surface area contributed by atoms with Crippen molar-refractivity contribution in [3.63, 3.8) is 0 Å². The number of Topliss-reactive ketones (excluding diaryl/α,β-unsaturated/α-hetero) is 2. The Bertz CT molecular complexity index is 1690. The number of rotatable bonds is 3. The van der Waals surface area contributed by atoms with Gasteiger partial charge in [-0.05, 0) is 45.9 Å². The zero-order valence-electron chi connectivity index (χ0n) is 21.3. The maximum atomic E-state index is 14.0. The summed E-state index contributed by atoms with van der Waals surface area (Å²) in [6.45, 7) is 7.64. The summed E-state index contributed by atoms with van der Waals surface area (Å²) < 4.78 is 13.4. The number of fused-ring (bicyclic) bond motifs is 6. The molecule has 0 fully saturated rings. The van der Waals surface area contributed by atoms with Crippen LogP contribution in [0.1, 0.15) is 48.1 Å². The number of phenolic OH excluding ortho intramolecular Hbond substituents is 2. The van der Waals surface area contributed by atoms with E-state index >= 15 is 0 Å². The molecule has 0 unspecified atom stereocenters. The van der Waals surface area contributed by atoms with E-state index in [2.05, 4.69) is 14.9 Å². The molecule has 1 aromatic heterocycles. The van der Waals surface area contributed by atoms with Crippen LogP contribution in [0.25, 0.3) is 11.0 Å². The fraction of sp³-hybridized carbons (Fsp3) is 0.286. The van der Waals surface area contributed by atoms with Crippen molar-refractivity contribution in [2.75, 3.05) is 11.9 Å². The highest BCUT2D eigenvalue weighted by Gasteiger charge is 2.56. The Hall–Kier alpha value is -4.44. The Kier molecular flexibility index (Phi) is 5.06. The molecule has 2 aromatic carbocycles. The first-order valence-electron chi connectivity index (χ1n) is 12.2. The predicted octanol–water partition coefficient (Wildman–Crippen LogP) is 3.56. The number of hydrogen-bond donors (Lipinski definition) is 3. The van der Waals surface area contributed by atoms with Gasteiger partial charge < -0.3 is 29.6 Å². The van der Waals surface area contributed by atoms with Crippen LogP contribution < -0.4 is 10.1 Å². The predicted molar refractivity (Wildman–Crippen MR) is 136 cm³/mol. The fourth-order valence-electron chi connectivity index (χ4n) is 5.58. The maximum Gasteiger partial charge on any atom is 0.194 e. The van der Waals surface area contributed by atoms with Gasteiger partial charge in [0.15, 0.2) is 17.3 Å². The zero-order valence-corrected chi connectivity index (χ0v) is 21.3. The standard InChI is InChI=1S/C28H25N3O7/c1-12-24(34)22(14(3)32)26-23(25(12)35)28(4)19(38-26)10-18(33)21(27(28)36)13(2)29-15-5-6-17-16(9-15)30-20-11-37-8-7-31(17)20/h5-6,9-10,29,34-35H,7-8,11H2,1-4H3/b21-13+/t28-/m0/s1. The van der Waals surface area contributed by atoms with E-state index < -0.39 is 28.5 Å². The lowest BCUT2D eigenvalue weighted by Gasteiger charge is -2.29. The molecule has 3 heterocycles. The largest absolute Gasteiger partial charge is 0.507 e. The first-order chi connectivity index (χ1) is 18.0. The Morgan fingerprint density at radius 2 is 1.95 bits per heavy atom. The van der Waals surface area contributed by atoms with Gasteiger partial charge in [0.25, 0.3) is 0 Å². The number of carbonyl (C=O) groups is 3. The number of benzene rings is 2. The third kappa shape index (κ3) is 3.10. The zero-order chi connectivity index (χ0) is 27.1. The highest BCUT2D eigenvalue weighted by molar-refractivity contribution is 6.31. The summed E-state index contributed by atoms with van der Waals surface area (Å²) in [7, 11) is 0. The molecule has 3 aromatic rings. The van der Waals surface area contributed by atoms with Gasteiger partial charge in [0.1, 0.15) is 46.4 Å². The molecule has 0 spiro atoms. The number of phenols is 2. The number of ether oxygens (including phenoxy) is 2. The van der Waals surface area contributed by atoms with Crippen LogP contribution in [0.2, 0.25) is 0 Å². The van der Waals surface area contributed by atoms with Gasteiger partial charge in [-0.1, -0.05) is 0 Å². The van der Waals surface area contributed by atoms with Crippen molar-refractivity contribution in [2.24, 2.45) is 0 Å². The number of nitrogens with one attached hydrogen (secondary N) is 1. The Labute approximate surface area is 217 Å². The maximum absolute atomic E-state index is 14.0. The molecular formula is C28H25N3O7. The fourth-order valence-corrected chi connectivity index (χ4v) is 5.58. The van der Waals surface area contributed by atoms with Crippen molar-refractivity contribution >= 4 is 34.1 Å². The SMILES string of the molecule is CC(=O)c1c(O)c(C)c(O)c2c1OC1=CC(=O)/C(=C(/C)Nc3ccc4c(c3)nc3n4CCOC3)C(=O)[C@@]12C. The molecule has 194 valence electrons. The summed E-state index contributed by atoms with van der Waals surface area (Å²) in [6.07, 6.45) is 1.20. The molecule has 6 rings (SSSR count). The molecule has 2 aliphatic heterocycles. The Morgan fingerprint density at radius 1 is 1.18 bits per heavy atom. The lowest BCUT2D eigenvalue weighted by molar-refractivity contribution is -0.123. The van der Waals surface area contributed by atoms with Crippen molar-refractivity contribution in [1.29, 1.82) is 0 Å². The number of imidazole rings is 1. The van der Waals surface area contributed by atoms with E-state index in [4.69, 9.17) is 9.47 Å². The summed E-state index contributed by atoms with van der Waals surface area (Å²) >= 11 is 0. The van der Waals surface area contributed by atoms with Crippen molar-refractivity contribution in [1.82, 2.24) is 9.55 Å². The van der Waals surface area contributed by atoms with Crippen LogP contribution in [0.15, 0.2) is 41.3 Å². The lowest BCUT2D eigenvalue weighted by atomic mass is 9.70. The van der Waals surface area contributed by atoms with Gasteiger partial charge in [-0.15, -0.1) is 0 Å². The minimum atomic E-state index is -1.57. The number of nitrogens with zero attached hydrogens (tertiary/aromatic N) is 2. The number of aromatic nitrogens is 2. The minimum Gasteiger partial charge on any atom is -0.507 e. The normalized spacial score (nSPS) is 21.4. The molecule has 0 saturated carbocycles. The van der Waals surface area contributed by atoms with Gasteiger partial charge in [-0.2, -0.15) is 0 Å². The number of anilines is 1. The van der Waals surface area contributed by atoms with Crippen LogP contribution in [0.3, 0.4) is 0 Å². The first-order valence-corrected chi connectivity index (χ1v) is 12.2. The first kappa shape index (κ1) is 23.9. The van der Waals surface area contributed by atoms with Gasteiger partial charge in [0.2, 0.25) is 0 Å². The highest BCUT2D eigenvalue weighted by atomic mass is 16.5. The molecule has 1 atom stereocenters. The number of aromatic hydroxyl groups is 2. The molecule has 0 saturated heterocycles. The number of ketones is 3. The average molecular weight is 516 g/mol. The molecule has 3 N–H and O–H groups in total. The lowest BCUT2D eigenvalue weighted by Crippen LogP contribution is -2.40. The molecule has 10 nitrogen and oxygen atoms in total. The van der Waals surface area contributed by atoms with Crippen molar-refractivity contribution in [3.05, 3.63) is 63.8 Å². The topological polar surface area (TPSA) is 140 Å². The summed E-state index contributed by atoms with van der Waals surface area (Å²) in [5, 5.41) is 24.6. The van der Waals surface area contributed by atoms with Crippen LogP contribution in [-0.4, -0.2) is 43.7 Å². The van der Waals surface area contributed by atoms with Gasteiger partial charge in [-0.25, -0.2) is 4.98 Å². The average Bonchev–Trinajstić information content (AvgIpc) is 3.37. The molecule has 3 aliphatic rings. The van der Waals surface area contributed by atoms with Crippen LogP contribution in [0.5, 0.6) is 17.2 Å². The number of allylic oxidation sites excluding steroid dienone is 4. The number of carbonyl (C=O) groups excluding carboxylic acids is 3. The third-order valence-corrected chi connectivity index (χ3v) is 7.61. The van der Waals surface area contributed by atoms with Crippen LogP contribution in [0.4, 0.5) is 5.69 Å². The van der Waals surface area contributed by atoms with E-state index in [-0.39, 0.29) is 39.5 Å². The summed E-state index contributed by atoms with van der Waals surface area (Å²) in [4.78, 5) is 44.1. The second-order valence-corrected chi connectivity index (χ2v) is 9.95. The highest BCUT2D eigenvalue weighted by Crippen LogP contribution is 2.57. The van der Waals surface area contributed by atoms with Crippen molar-refractivity contribution in [2.45, 2.75) is 46.3 Å². The smallest absolute Gasteiger partial charge is 0.194 e. The summed E-state index contributed by atoms with van der Waals surface area (Å²) in [5.41, 5.74) is 0.988. The molecule has 0 amide bonds. The van der Waals surface area contributed by atoms with E-state index in [0.717, 1.165) is 23.4 Å². The molecule has 0 bridgehead atoms. The summed E-state index contributed by atoms with van der Waals surface area (Å²) in [6, 6.07) is 5.62. The van der Waals surface area contributed by atoms with Gasteiger partial charge in [0, 0.05) is 29.6 Å². The molecular weight excluding hydrogens is 490 g/mol. The second kappa shape index (κ2) is 8.03. The Morgan fingerprint density at radius 3 is 2.68 bits per heavy atom.